The summed E-state index contributed by atoms with van der Waals surface area (Å²) >= 11 is 0. The van der Waals surface area contributed by atoms with Gasteiger partial charge in [0.15, 0.2) is 0 Å². The SMILES string of the molecule is CN(Cc1cc(C(F)(F)F)cc(C(F)(F)F)c1)C[C@]1(c2ccccc2)CC[C@@H](N2CCC(c3ccc(F)cc3)CC2)CC1. The molecule has 3 aromatic rings. The van der Waals surface area contributed by atoms with E-state index in [9.17, 15) is 30.7 Å². The molecule has 9 heteroatoms. The predicted octanol–water partition coefficient (Wildman–Crippen LogP) is 9.06. The van der Waals surface area contributed by atoms with E-state index in [-0.39, 0.29) is 29.4 Å². The third-order valence-corrected chi connectivity index (χ3v) is 9.36. The molecule has 232 valence electrons. The van der Waals surface area contributed by atoms with Gasteiger partial charge in [0.05, 0.1) is 11.1 Å². The minimum Gasteiger partial charge on any atom is -0.301 e. The van der Waals surface area contributed by atoms with Crippen LogP contribution in [0.3, 0.4) is 0 Å². The lowest BCUT2D eigenvalue weighted by Gasteiger charge is -2.47. The number of piperidine rings is 1. The number of likely N-dealkylation sites (tertiary alicyclic amines) is 1. The van der Waals surface area contributed by atoms with Gasteiger partial charge in [-0.05, 0) is 112 Å². The lowest BCUT2D eigenvalue weighted by atomic mass is 9.67. The Morgan fingerprint density at radius 3 is 1.86 bits per heavy atom. The summed E-state index contributed by atoms with van der Waals surface area (Å²) in [6.07, 6.45) is -4.02. The maximum atomic E-state index is 13.4. The molecular formula is C34H37F7N2. The van der Waals surface area contributed by atoms with Crippen LogP contribution in [0.25, 0.3) is 0 Å². The van der Waals surface area contributed by atoms with Gasteiger partial charge >= 0.3 is 12.4 Å². The highest BCUT2D eigenvalue weighted by atomic mass is 19.4. The number of halogens is 7. The smallest absolute Gasteiger partial charge is 0.301 e. The Balaban J connectivity index is 1.27. The standard InChI is InChI=1S/C34H37F7N2/c1-42(22-24-19-28(33(36,37)38)21-29(20-24)34(39,40)41)23-32(27-5-3-2-4-6-27)15-11-31(12-16-32)43-17-13-26(14-18-43)25-7-9-30(35)10-8-25/h2-10,19-21,26,31H,11-18,22-23H2,1H3/t31-,32+. The van der Waals surface area contributed by atoms with Gasteiger partial charge in [-0.15, -0.1) is 0 Å². The highest BCUT2D eigenvalue weighted by Crippen LogP contribution is 2.43. The highest BCUT2D eigenvalue weighted by molar-refractivity contribution is 5.34. The lowest BCUT2D eigenvalue weighted by molar-refractivity contribution is -0.143. The summed E-state index contributed by atoms with van der Waals surface area (Å²) in [5, 5.41) is 0. The number of benzene rings is 3. The van der Waals surface area contributed by atoms with Gasteiger partial charge in [0.2, 0.25) is 0 Å². The molecule has 1 aliphatic heterocycles. The monoisotopic (exact) mass is 606 g/mol. The molecule has 1 aliphatic carbocycles. The second-order valence-corrected chi connectivity index (χ2v) is 12.3. The number of alkyl halides is 6. The molecule has 1 saturated heterocycles. The van der Waals surface area contributed by atoms with Gasteiger partial charge in [-0.1, -0.05) is 42.5 Å². The van der Waals surface area contributed by atoms with Crippen molar-refractivity contribution in [2.75, 3.05) is 26.7 Å². The first-order valence-electron chi connectivity index (χ1n) is 14.8. The Kier molecular flexibility index (Phi) is 9.23. The van der Waals surface area contributed by atoms with E-state index in [4.69, 9.17) is 0 Å². The fraction of sp³-hybridized carbons (Fsp3) is 0.471. The number of rotatable bonds is 7. The quantitative estimate of drug-likeness (QED) is 0.248. The molecule has 0 N–H and O–H groups in total. The third kappa shape index (κ3) is 7.60. The van der Waals surface area contributed by atoms with Crippen LogP contribution >= 0.6 is 0 Å². The van der Waals surface area contributed by atoms with E-state index in [0.717, 1.165) is 69.3 Å². The van der Waals surface area contributed by atoms with Crippen molar-refractivity contribution in [2.24, 2.45) is 0 Å². The highest BCUT2D eigenvalue weighted by Gasteiger charge is 2.41. The van der Waals surface area contributed by atoms with Crippen molar-refractivity contribution in [1.29, 1.82) is 0 Å². The van der Waals surface area contributed by atoms with Gasteiger partial charge in [0, 0.05) is 24.5 Å². The van der Waals surface area contributed by atoms with Crippen LogP contribution in [0.4, 0.5) is 30.7 Å². The summed E-state index contributed by atoms with van der Waals surface area (Å²) in [5.74, 6) is 0.197. The van der Waals surface area contributed by atoms with E-state index in [2.05, 4.69) is 17.0 Å². The molecule has 1 heterocycles. The van der Waals surface area contributed by atoms with E-state index < -0.39 is 23.5 Å². The van der Waals surface area contributed by atoms with Crippen LogP contribution in [-0.4, -0.2) is 42.5 Å². The second-order valence-electron chi connectivity index (χ2n) is 12.3. The van der Waals surface area contributed by atoms with Crippen LogP contribution < -0.4 is 0 Å². The van der Waals surface area contributed by atoms with Crippen LogP contribution in [0.15, 0.2) is 72.8 Å². The zero-order valence-corrected chi connectivity index (χ0v) is 24.2. The largest absolute Gasteiger partial charge is 0.416 e. The van der Waals surface area contributed by atoms with Gasteiger partial charge in [-0.25, -0.2) is 4.39 Å². The molecule has 0 amide bonds. The molecule has 0 atom stereocenters. The maximum absolute atomic E-state index is 13.4. The minimum atomic E-state index is -4.87. The summed E-state index contributed by atoms with van der Waals surface area (Å²) in [4.78, 5) is 4.41. The van der Waals surface area contributed by atoms with Crippen molar-refractivity contribution in [3.8, 4) is 0 Å². The Labute approximate surface area is 248 Å². The molecule has 0 bridgehead atoms. The Hall–Kier alpha value is -2.91. The molecule has 3 aromatic carbocycles. The summed E-state index contributed by atoms with van der Waals surface area (Å²) in [6.45, 7) is 2.44. The number of nitrogens with zero attached hydrogens (tertiary/aromatic N) is 2. The molecule has 2 nitrogen and oxygen atoms in total. The average Bonchev–Trinajstić information content (AvgIpc) is 2.97. The van der Waals surface area contributed by atoms with Crippen molar-refractivity contribution in [1.82, 2.24) is 9.80 Å². The van der Waals surface area contributed by atoms with Gasteiger partial charge in [-0.3, -0.25) is 0 Å². The Morgan fingerprint density at radius 1 is 0.767 bits per heavy atom. The van der Waals surface area contributed by atoms with E-state index in [1.807, 2.05) is 35.2 Å². The lowest BCUT2D eigenvalue weighted by Crippen LogP contribution is -2.48. The molecule has 0 spiro atoms. The molecule has 43 heavy (non-hydrogen) atoms. The van der Waals surface area contributed by atoms with E-state index in [0.29, 0.717) is 18.5 Å². The molecular weight excluding hydrogens is 569 g/mol. The van der Waals surface area contributed by atoms with Crippen molar-refractivity contribution in [2.45, 2.75) is 74.8 Å². The zero-order chi connectivity index (χ0) is 30.8. The topological polar surface area (TPSA) is 6.48 Å². The number of likely N-dealkylation sites (N-methyl/N-ethyl adjacent to an activating group) is 1. The van der Waals surface area contributed by atoms with Gasteiger partial charge in [0.1, 0.15) is 5.82 Å². The molecule has 5 rings (SSSR count). The van der Waals surface area contributed by atoms with E-state index >= 15 is 0 Å². The number of hydrogen-bond acceptors (Lipinski definition) is 2. The second kappa shape index (κ2) is 12.6. The summed E-state index contributed by atoms with van der Waals surface area (Å²) in [7, 11) is 1.77. The van der Waals surface area contributed by atoms with Crippen LogP contribution in [0.2, 0.25) is 0 Å². The van der Waals surface area contributed by atoms with Gasteiger partial charge in [-0.2, -0.15) is 26.3 Å². The van der Waals surface area contributed by atoms with Crippen LogP contribution in [0.5, 0.6) is 0 Å². The fourth-order valence-electron chi connectivity index (χ4n) is 7.18. The molecule has 0 unspecified atom stereocenters. The van der Waals surface area contributed by atoms with E-state index in [1.165, 1.54) is 17.7 Å². The molecule has 0 radical (unpaired) electrons. The summed E-state index contributed by atoms with van der Waals surface area (Å²) < 4.78 is 94.0. The van der Waals surface area contributed by atoms with Crippen LogP contribution in [0, 0.1) is 5.82 Å². The maximum Gasteiger partial charge on any atom is 0.416 e. The fourth-order valence-corrected chi connectivity index (χ4v) is 7.18. The first kappa shape index (κ1) is 31.5. The minimum absolute atomic E-state index is 0.00873. The molecule has 1 saturated carbocycles. The third-order valence-electron chi connectivity index (χ3n) is 9.36. The van der Waals surface area contributed by atoms with Crippen molar-refractivity contribution in [3.63, 3.8) is 0 Å². The van der Waals surface area contributed by atoms with Crippen molar-refractivity contribution in [3.05, 3.63) is 106 Å². The van der Waals surface area contributed by atoms with Crippen LogP contribution in [-0.2, 0) is 24.3 Å². The zero-order valence-electron chi connectivity index (χ0n) is 24.2. The van der Waals surface area contributed by atoms with Crippen molar-refractivity contribution < 1.29 is 30.7 Å². The number of hydrogen-bond donors (Lipinski definition) is 0. The van der Waals surface area contributed by atoms with Gasteiger partial charge < -0.3 is 9.80 Å². The van der Waals surface area contributed by atoms with E-state index in [1.54, 1.807) is 7.05 Å². The van der Waals surface area contributed by atoms with Gasteiger partial charge in [0.25, 0.3) is 0 Å². The first-order valence-corrected chi connectivity index (χ1v) is 14.8. The molecule has 2 fully saturated rings. The normalized spacial score (nSPS) is 22.7. The van der Waals surface area contributed by atoms with Crippen LogP contribution in [0.1, 0.15) is 72.3 Å². The predicted molar refractivity (Wildman–Crippen MR) is 153 cm³/mol. The Morgan fingerprint density at radius 2 is 1.33 bits per heavy atom. The molecule has 0 aromatic heterocycles. The first-order chi connectivity index (χ1) is 20.3. The molecule has 2 aliphatic rings. The van der Waals surface area contributed by atoms with Crippen molar-refractivity contribution >= 4 is 0 Å². The summed E-state index contributed by atoms with van der Waals surface area (Å²) in [5.41, 5.74) is -0.507. The average molecular weight is 607 g/mol. The Bertz CT molecular complexity index is 1300. The summed E-state index contributed by atoms with van der Waals surface area (Å²) in [6, 6.07) is 19.1.